The van der Waals surface area contributed by atoms with Crippen LogP contribution in [0.5, 0.6) is 0 Å². The predicted molar refractivity (Wildman–Crippen MR) is 58.9 cm³/mol. The van der Waals surface area contributed by atoms with E-state index in [4.69, 9.17) is 14.3 Å². The molecule has 2 atom stereocenters. The third-order valence-electron chi connectivity index (χ3n) is 2.46. The van der Waals surface area contributed by atoms with E-state index in [-0.39, 0.29) is 5.97 Å². The highest BCUT2D eigenvalue weighted by atomic mass is 16.8. The number of ether oxygens (including phenoxy) is 2. The first kappa shape index (κ1) is 12.7. The molecule has 1 heterocycles. The van der Waals surface area contributed by atoms with E-state index in [1.165, 1.54) is 13.3 Å². The van der Waals surface area contributed by atoms with E-state index in [0.29, 0.717) is 19.4 Å². The molecule has 1 aliphatic heterocycles. The van der Waals surface area contributed by atoms with Crippen LogP contribution in [0.1, 0.15) is 19.8 Å². The minimum absolute atomic E-state index is 0.343. The predicted octanol–water partition coefficient (Wildman–Crippen LogP) is 1.49. The minimum Gasteiger partial charge on any atom is -0.468 e. The molecule has 0 aromatic carbocycles. The number of rotatable bonds is 5. The van der Waals surface area contributed by atoms with Crippen LogP contribution in [0.3, 0.4) is 0 Å². The highest BCUT2D eigenvalue weighted by Gasteiger charge is 2.43. The standard InChI is InChI=1S/C11H17NO4/c1-4-6-11(10(13)14-3)7-9(15-5-2)16-12-8-11/h4,8-9H,1,5-7H2,2-3H3/t9-,11?/m0/s1. The lowest BCUT2D eigenvalue weighted by molar-refractivity contribution is -0.177. The summed E-state index contributed by atoms with van der Waals surface area (Å²) in [4.78, 5) is 16.8. The molecular formula is C11H17NO4. The van der Waals surface area contributed by atoms with Crippen LogP contribution in [-0.4, -0.2) is 32.2 Å². The summed E-state index contributed by atoms with van der Waals surface area (Å²) in [7, 11) is 1.35. The number of nitrogens with zero attached hydrogens (tertiary/aromatic N) is 1. The Morgan fingerprint density at radius 1 is 1.81 bits per heavy atom. The Hall–Kier alpha value is -1.36. The highest BCUT2D eigenvalue weighted by molar-refractivity contribution is 5.95. The van der Waals surface area contributed by atoms with E-state index >= 15 is 0 Å². The summed E-state index contributed by atoms with van der Waals surface area (Å²) >= 11 is 0. The molecular weight excluding hydrogens is 210 g/mol. The van der Waals surface area contributed by atoms with E-state index in [2.05, 4.69) is 11.7 Å². The van der Waals surface area contributed by atoms with Gasteiger partial charge in [-0.15, -0.1) is 6.58 Å². The number of carbonyl (C=O) groups excluding carboxylic acids is 1. The number of carbonyl (C=O) groups is 1. The van der Waals surface area contributed by atoms with Gasteiger partial charge in [0.05, 0.1) is 13.3 Å². The summed E-state index contributed by atoms with van der Waals surface area (Å²) in [5.74, 6) is -0.343. The monoisotopic (exact) mass is 227 g/mol. The van der Waals surface area contributed by atoms with Crippen LogP contribution in [-0.2, 0) is 19.1 Å². The zero-order chi connectivity index (χ0) is 12.0. The molecule has 0 aliphatic carbocycles. The van der Waals surface area contributed by atoms with Crippen molar-refractivity contribution in [1.29, 1.82) is 0 Å². The van der Waals surface area contributed by atoms with E-state index in [1.807, 2.05) is 6.92 Å². The average Bonchev–Trinajstić information content (AvgIpc) is 2.29. The Labute approximate surface area is 95.0 Å². The second-order valence-corrected chi connectivity index (χ2v) is 3.57. The third-order valence-corrected chi connectivity index (χ3v) is 2.46. The number of esters is 1. The molecule has 0 saturated heterocycles. The lowest BCUT2D eigenvalue weighted by atomic mass is 9.81. The van der Waals surface area contributed by atoms with E-state index < -0.39 is 11.7 Å². The minimum atomic E-state index is -0.811. The molecule has 5 nitrogen and oxygen atoms in total. The molecule has 0 aromatic heterocycles. The van der Waals surface area contributed by atoms with Crippen molar-refractivity contribution in [3.05, 3.63) is 12.7 Å². The maximum atomic E-state index is 11.8. The Bertz CT molecular complexity index is 290. The molecule has 5 heteroatoms. The summed E-state index contributed by atoms with van der Waals surface area (Å²) < 4.78 is 10.1. The molecule has 90 valence electrons. The zero-order valence-electron chi connectivity index (χ0n) is 9.64. The number of allylic oxidation sites excluding steroid dienone is 1. The summed E-state index contributed by atoms with van der Waals surface area (Å²) in [5.41, 5.74) is -0.811. The highest BCUT2D eigenvalue weighted by Crippen LogP contribution is 2.32. The van der Waals surface area contributed by atoms with Crippen molar-refractivity contribution in [2.75, 3.05) is 13.7 Å². The second kappa shape index (κ2) is 5.65. The Morgan fingerprint density at radius 2 is 2.56 bits per heavy atom. The second-order valence-electron chi connectivity index (χ2n) is 3.57. The molecule has 1 unspecified atom stereocenters. The normalized spacial score (nSPS) is 28.2. The van der Waals surface area contributed by atoms with Gasteiger partial charge in [-0.3, -0.25) is 4.79 Å². The van der Waals surface area contributed by atoms with Gasteiger partial charge in [-0.25, -0.2) is 0 Å². The average molecular weight is 227 g/mol. The van der Waals surface area contributed by atoms with Crippen LogP contribution in [0.2, 0.25) is 0 Å². The lowest BCUT2D eigenvalue weighted by Crippen LogP contribution is -2.41. The van der Waals surface area contributed by atoms with Gasteiger partial charge in [0, 0.05) is 13.0 Å². The van der Waals surface area contributed by atoms with Gasteiger partial charge in [0.25, 0.3) is 0 Å². The van der Waals surface area contributed by atoms with Crippen LogP contribution < -0.4 is 0 Å². The first-order valence-electron chi connectivity index (χ1n) is 5.19. The summed E-state index contributed by atoms with van der Waals surface area (Å²) in [6.45, 7) is 6.00. The fraction of sp³-hybridized carbons (Fsp3) is 0.636. The maximum absolute atomic E-state index is 11.8. The van der Waals surface area contributed by atoms with Gasteiger partial charge >= 0.3 is 5.97 Å². The number of oxime groups is 1. The summed E-state index contributed by atoms with van der Waals surface area (Å²) in [6.07, 6.45) is 3.47. The van der Waals surface area contributed by atoms with Crippen LogP contribution >= 0.6 is 0 Å². The van der Waals surface area contributed by atoms with Crippen molar-refractivity contribution in [2.24, 2.45) is 10.6 Å². The van der Waals surface area contributed by atoms with Crippen LogP contribution in [0.15, 0.2) is 17.8 Å². The largest absolute Gasteiger partial charge is 0.468 e. The van der Waals surface area contributed by atoms with Crippen molar-refractivity contribution >= 4 is 12.2 Å². The summed E-state index contributed by atoms with van der Waals surface area (Å²) in [5, 5.41) is 3.72. The smallest absolute Gasteiger partial charge is 0.317 e. The number of methoxy groups -OCH3 is 1. The van der Waals surface area contributed by atoms with Crippen LogP contribution in [0.4, 0.5) is 0 Å². The van der Waals surface area contributed by atoms with Crippen LogP contribution in [0.25, 0.3) is 0 Å². The molecule has 0 fully saturated rings. The van der Waals surface area contributed by atoms with Gasteiger partial charge < -0.3 is 14.3 Å². The fourth-order valence-electron chi connectivity index (χ4n) is 1.68. The van der Waals surface area contributed by atoms with Gasteiger partial charge in [-0.1, -0.05) is 11.2 Å². The first-order chi connectivity index (χ1) is 7.68. The molecule has 0 spiro atoms. The molecule has 0 amide bonds. The molecule has 0 N–H and O–H groups in total. The SMILES string of the molecule is C=CCC1(C(=O)OC)C=NO[C@H](OCC)C1. The Balaban J connectivity index is 2.84. The molecule has 0 saturated carbocycles. The molecule has 16 heavy (non-hydrogen) atoms. The van der Waals surface area contributed by atoms with E-state index in [9.17, 15) is 4.79 Å². The summed E-state index contributed by atoms with van der Waals surface area (Å²) in [6, 6.07) is 0. The molecule has 0 bridgehead atoms. The van der Waals surface area contributed by atoms with Gasteiger partial charge in [0.2, 0.25) is 6.29 Å². The quantitative estimate of drug-likeness (QED) is 0.527. The molecule has 0 aromatic rings. The fourth-order valence-corrected chi connectivity index (χ4v) is 1.68. The number of hydrogen-bond acceptors (Lipinski definition) is 5. The van der Waals surface area contributed by atoms with Gasteiger partial charge in [-0.05, 0) is 13.3 Å². The van der Waals surface area contributed by atoms with E-state index in [1.54, 1.807) is 6.08 Å². The maximum Gasteiger partial charge on any atom is 0.317 e. The van der Waals surface area contributed by atoms with Crippen molar-refractivity contribution < 1.29 is 19.1 Å². The molecule has 1 aliphatic rings. The van der Waals surface area contributed by atoms with Gasteiger partial charge in [-0.2, -0.15) is 0 Å². The third kappa shape index (κ3) is 2.61. The Morgan fingerprint density at radius 3 is 3.12 bits per heavy atom. The Kier molecular flexibility index (Phi) is 4.49. The zero-order valence-corrected chi connectivity index (χ0v) is 9.64. The van der Waals surface area contributed by atoms with Gasteiger partial charge in [0.1, 0.15) is 5.41 Å². The van der Waals surface area contributed by atoms with Crippen molar-refractivity contribution in [3.63, 3.8) is 0 Å². The molecule has 0 radical (unpaired) electrons. The number of hydrogen-bond donors (Lipinski definition) is 0. The van der Waals surface area contributed by atoms with Crippen molar-refractivity contribution in [3.8, 4) is 0 Å². The van der Waals surface area contributed by atoms with Gasteiger partial charge in [0.15, 0.2) is 0 Å². The molecule has 1 rings (SSSR count). The first-order valence-corrected chi connectivity index (χ1v) is 5.19. The van der Waals surface area contributed by atoms with Crippen molar-refractivity contribution in [1.82, 2.24) is 0 Å². The van der Waals surface area contributed by atoms with Crippen LogP contribution in [0, 0.1) is 5.41 Å². The topological polar surface area (TPSA) is 57.1 Å². The van der Waals surface area contributed by atoms with E-state index in [0.717, 1.165) is 0 Å². The lowest BCUT2D eigenvalue weighted by Gasteiger charge is -2.31. The van der Waals surface area contributed by atoms with Crippen molar-refractivity contribution in [2.45, 2.75) is 26.1 Å².